The first kappa shape index (κ1) is 15.2. The Labute approximate surface area is 109 Å². The predicted molar refractivity (Wildman–Crippen MR) is 75.6 cm³/mol. The Hall–Kier alpha value is 0.137. The zero-order valence-corrected chi connectivity index (χ0v) is 13.2. The van der Waals surface area contributed by atoms with Crippen molar-refractivity contribution in [3.05, 3.63) is 0 Å². The van der Waals surface area contributed by atoms with Gasteiger partial charge in [-0.25, -0.2) is 0 Å². The summed E-state index contributed by atoms with van der Waals surface area (Å²) in [6, 6.07) is 0. The molecule has 1 rings (SSSR count). The van der Waals surface area contributed by atoms with Crippen molar-refractivity contribution in [2.75, 3.05) is 13.2 Å². The molecule has 2 unspecified atom stereocenters. The topological polar surface area (TPSA) is 18.5 Å². The molecule has 0 bridgehead atoms. The molecule has 0 spiro atoms. The Morgan fingerprint density at radius 3 is 2.00 bits per heavy atom. The summed E-state index contributed by atoms with van der Waals surface area (Å²) in [6.45, 7) is 10.5. The summed E-state index contributed by atoms with van der Waals surface area (Å²) in [4.78, 5) is 0. The Morgan fingerprint density at radius 1 is 1.06 bits per heavy atom. The van der Waals surface area contributed by atoms with Crippen molar-refractivity contribution in [2.24, 2.45) is 11.8 Å². The van der Waals surface area contributed by atoms with E-state index in [2.05, 4.69) is 27.7 Å². The Kier molecular flexibility index (Phi) is 7.40. The van der Waals surface area contributed by atoms with Crippen molar-refractivity contribution in [3.63, 3.8) is 0 Å². The SMILES string of the molecule is CCO[SiH](OCC)C(C(C)CC)C1CCCC1. The van der Waals surface area contributed by atoms with E-state index in [9.17, 15) is 0 Å². The van der Waals surface area contributed by atoms with Crippen LogP contribution < -0.4 is 0 Å². The summed E-state index contributed by atoms with van der Waals surface area (Å²) in [5.74, 6) is 1.63. The normalized spacial score (nSPS) is 21.0. The van der Waals surface area contributed by atoms with Gasteiger partial charge in [-0.2, -0.15) is 0 Å². The monoisotopic (exact) mass is 258 g/mol. The van der Waals surface area contributed by atoms with Crippen LogP contribution in [0.3, 0.4) is 0 Å². The van der Waals surface area contributed by atoms with Crippen LogP contribution in [0.2, 0.25) is 5.54 Å². The molecule has 0 aromatic rings. The lowest BCUT2D eigenvalue weighted by Gasteiger charge is -2.33. The first-order valence-corrected chi connectivity index (χ1v) is 9.08. The molecule has 2 atom stereocenters. The number of hydrogen-bond acceptors (Lipinski definition) is 2. The molecule has 0 amide bonds. The molecule has 0 aromatic heterocycles. The van der Waals surface area contributed by atoms with Gasteiger partial charge < -0.3 is 8.85 Å². The summed E-state index contributed by atoms with van der Waals surface area (Å²) >= 11 is 0. The highest BCUT2D eigenvalue weighted by molar-refractivity contribution is 6.46. The van der Waals surface area contributed by atoms with Crippen molar-refractivity contribution < 1.29 is 8.85 Å². The zero-order valence-electron chi connectivity index (χ0n) is 12.1. The molecule has 3 heteroatoms. The summed E-state index contributed by atoms with van der Waals surface area (Å²) < 4.78 is 12.0. The van der Waals surface area contributed by atoms with Gasteiger partial charge in [0.1, 0.15) is 0 Å². The molecule has 1 saturated carbocycles. The highest BCUT2D eigenvalue weighted by Gasteiger charge is 2.37. The van der Waals surface area contributed by atoms with E-state index >= 15 is 0 Å². The fourth-order valence-corrected chi connectivity index (χ4v) is 6.00. The maximum Gasteiger partial charge on any atom is 0.325 e. The number of rotatable bonds is 8. The van der Waals surface area contributed by atoms with Gasteiger partial charge in [0, 0.05) is 18.8 Å². The minimum Gasteiger partial charge on any atom is -0.397 e. The molecule has 0 saturated heterocycles. The average Bonchev–Trinajstić information content (AvgIpc) is 2.83. The Bertz CT molecular complexity index is 187. The fourth-order valence-electron chi connectivity index (χ4n) is 3.17. The van der Waals surface area contributed by atoms with Crippen molar-refractivity contribution >= 4 is 9.28 Å². The Balaban J connectivity index is 2.69. The van der Waals surface area contributed by atoms with E-state index in [-0.39, 0.29) is 0 Å². The molecule has 1 fully saturated rings. The molecule has 2 nitrogen and oxygen atoms in total. The van der Waals surface area contributed by atoms with E-state index < -0.39 is 9.28 Å². The minimum absolute atomic E-state index is 0.724. The van der Waals surface area contributed by atoms with Gasteiger partial charge in [-0.3, -0.25) is 0 Å². The van der Waals surface area contributed by atoms with Crippen molar-refractivity contribution in [3.8, 4) is 0 Å². The molecule has 0 radical (unpaired) electrons. The van der Waals surface area contributed by atoms with Crippen LogP contribution in [0, 0.1) is 11.8 Å². The third kappa shape index (κ3) is 4.38. The average molecular weight is 258 g/mol. The van der Waals surface area contributed by atoms with Gasteiger partial charge >= 0.3 is 9.28 Å². The predicted octanol–water partition coefficient (Wildman–Crippen LogP) is 3.89. The largest absolute Gasteiger partial charge is 0.397 e. The molecule has 0 aromatic carbocycles. The van der Waals surface area contributed by atoms with Crippen LogP contribution in [0.5, 0.6) is 0 Å². The van der Waals surface area contributed by atoms with Gasteiger partial charge in [0.05, 0.1) is 0 Å². The maximum absolute atomic E-state index is 6.00. The van der Waals surface area contributed by atoms with Crippen LogP contribution >= 0.6 is 0 Å². The van der Waals surface area contributed by atoms with Gasteiger partial charge in [-0.1, -0.05) is 46.0 Å². The summed E-state index contributed by atoms with van der Waals surface area (Å²) in [5.41, 5.74) is 0.724. The molecule has 1 aliphatic carbocycles. The number of hydrogen-bond donors (Lipinski definition) is 0. The van der Waals surface area contributed by atoms with E-state index in [0.29, 0.717) is 0 Å². The lowest BCUT2D eigenvalue weighted by Crippen LogP contribution is -2.36. The van der Waals surface area contributed by atoms with Crippen molar-refractivity contribution in [2.45, 2.75) is 65.3 Å². The lowest BCUT2D eigenvalue weighted by molar-refractivity contribution is 0.179. The first-order valence-electron chi connectivity index (χ1n) is 7.47. The van der Waals surface area contributed by atoms with Crippen LogP contribution in [0.15, 0.2) is 0 Å². The third-order valence-electron chi connectivity index (χ3n) is 4.22. The minimum atomic E-state index is -1.48. The van der Waals surface area contributed by atoms with E-state index in [0.717, 1.165) is 30.6 Å². The van der Waals surface area contributed by atoms with Crippen LogP contribution in [0.1, 0.15) is 59.8 Å². The third-order valence-corrected chi connectivity index (χ3v) is 7.37. The lowest BCUT2D eigenvalue weighted by atomic mass is 9.92. The van der Waals surface area contributed by atoms with E-state index in [1.807, 2.05) is 0 Å². The van der Waals surface area contributed by atoms with Gasteiger partial charge in [0.25, 0.3) is 0 Å². The molecule has 0 heterocycles. The van der Waals surface area contributed by atoms with Gasteiger partial charge in [0.15, 0.2) is 0 Å². The molecule has 1 aliphatic rings. The summed E-state index contributed by atoms with van der Waals surface area (Å²) in [6.07, 6.45) is 6.88. The van der Waals surface area contributed by atoms with E-state index in [1.54, 1.807) is 0 Å². The summed E-state index contributed by atoms with van der Waals surface area (Å²) in [5, 5.41) is 0. The molecule has 102 valence electrons. The molecule has 17 heavy (non-hydrogen) atoms. The van der Waals surface area contributed by atoms with Crippen LogP contribution in [0.25, 0.3) is 0 Å². The highest BCUT2D eigenvalue weighted by atomic mass is 28.3. The standard InChI is InChI=1S/C14H30O2Si/c1-5-12(4)14(13-10-8-9-11-13)17(15-6-2)16-7-3/h12-14,17H,5-11H2,1-4H3. The first-order chi connectivity index (χ1) is 8.24. The molecular formula is C14H30O2Si. The molecule has 0 N–H and O–H groups in total. The van der Waals surface area contributed by atoms with Gasteiger partial charge in [-0.15, -0.1) is 0 Å². The molecular weight excluding hydrogens is 228 g/mol. The summed E-state index contributed by atoms with van der Waals surface area (Å²) in [7, 11) is -1.48. The van der Waals surface area contributed by atoms with Gasteiger partial charge in [-0.05, 0) is 25.7 Å². The highest BCUT2D eigenvalue weighted by Crippen LogP contribution is 2.42. The van der Waals surface area contributed by atoms with E-state index in [4.69, 9.17) is 8.85 Å². The van der Waals surface area contributed by atoms with E-state index in [1.165, 1.54) is 32.1 Å². The van der Waals surface area contributed by atoms with Crippen LogP contribution in [0.4, 0.5) is 0 Å². The second-order valence-electron chi connectivity index (χ2n) is 5.29. The van der Waals surface area contributed by atoms with Crippen LogP contribution in [-0.4, -0.2) is 22.5 Å². The fraction of sp³-hybridized carbons (Fsp3) is 1.00. The Morgan fingerprint density at radius 2 is 1.59 bits per heavy atom. The second kappa shape index (κ2) is 8.28. The van der Waals surface area contributed by atoms with Crippen molar-refractivity contribution in [1.82, 2.24) is 0 Å². The van der Waals surface area contributed by atoms with Crippen molar-refractivity contribution in [1.29, 1.82) is 0 Å². The quantitative estimate of drug-likeness (QED) is 0.615. The second-order valence-corrected chi connectivity index (χ2v) is 7.46. The van der Waals surface area contributed by atoms with Gasteiger partial charge in [0.2, 0.25) is 0 Å². The molecule has 0 aliphatic heterocycles. The zero-order chi connectivity index (χ0) is 12.7. The smallest absolute Gasteiger partial charge is 0.325 e. The maximum atomic E-state index is 6.00. The van der Waals surface area contributed by atoms with Crippen LogP contribution in [-0.2, 0) is 8.85 Å².